The van der Waals surface area contributed by atoms with Crippen LogP contribution in [0.2, 0.25) is 0 Å². The van der Waals surface area contributed by atoms with Gasteiger partial charge in [-0.2, -0.15) is 0 Å². The molecule has 0 aliphatic carbocycles. The average molecular weight is 178 g/mol. The van der Waals surface area contributed by atoms with E-state index >= 15 is 0 Å². The van der Waals surface area contributed by atoms with Crippen molar-refractivity contribution in [1.82, 2.24) is 0 Å². The van der Waals surface area contributed by atoms with Gasteiger partial charge in [0.25, 0.3) is 0 Å². The van der Waals surface area contributed by atoms with Crippen LogP contribution in [0.3, 0.4) is 0 Å². The summed E-state index contributed by atoms with van der Waals surface area (Å²) in [4.78, 5) is 10.6. The summed E-state index contributed by atoms with van der Waals surface area (Å²) >= 11 is 0. The first-order chi connectivity index (χ1) is 5.81. The van der Waals surface area contributed by atoms with Crippen LogP contribution in [0, 0.1) is 0 Å². The number of carbonyl (C=O) groups is 1. The van der Waals surface area contributed by atoms with E-state index in [2.05, 4.69) is 9.47 Å². The standard InChI is InChI=1S/C8H15FO3/c1-2-3-6-11-8(10)12-7-4-5-9/h2-7H2,1H3. The molecule has 0 aliphatic rings. The molecule has 0 N–H and O–H groups in total. The maximum absolute atomic E-state index is 11.5. The third-order valence-electron chi connectivity index (χ3n) is 1.22. The summed E-state index contributed by atoms with van der Waals surface area (Å²) < 4.78 is 20.7. The lowest BCUT2D eigenvalue weighted by Crippen LogP contribution is -2.09. The maximum atomic E-state index is 11.5. The highest BCUT2D eigenvalue weighted by atomic mass is 19.1. The molecule has 0 amide bonds. The summed E-state index contributed by atoms with van der Waals surface area (Å²) in [6, 6.07) is 0. The monoisotopic (exact) mass is 178 g/mol. The smallest absolute Gasteiger partial charge is 0.434 e. The van der Waals surface area contributed by atoms with Gasteiger partial charge in [-0.15, -0.1) is 0 Å². The minimum atomic E-state index is -0.697. The van der Waals surface area contributed by atoms with E-state index in [-0.39, 0.29) is 13.0 Å². The maximum Gasteiger partial charge on any atom is 0.508 e. The molecule has 0 unspecified atom stereocenters. The molecule has 0 heterocycles. The Morgan fingerprint density at radius 2 is 1.83 bits per heavy atom. The van der Waals surface area contributed by atoms with Gasteiger partial charge in [-0.1, -0.05) is 13.3 Å². The van der Waals surface area contributed by atoms with Gasteiger partial charge in [0.2, 0.25) is 0 Å². The molecule has 0 rings (SSSR count). The van der Waals surface area contributed by atoms with E-state index in [0.717, 1.165) is 12.8 Å². The van der Waals surface area contributed by atoms with Crippen molar-refractivity contribution in [3.8, 4) is 0 Å². The molecule has 0 radical (unpaired) electrons. The minimum absolute atomic E-state index is 0.0987. The van der Waals surface area contributed by atoms with Crippen LogP contribution in [-0.4, -0.2) is 26.0 Å². The van der Waals surface area contributed by atoms with Crippen molar-refractivity contribution >= 4 is 6.16 Å². The van der Waals surface area contributed by atoms with Crippen molar-refractivity contribution in [2.24, 2.45) is 0 Å². The summed E-state index contributed by atoms with van der Waals surface area (Å²) in [5.41, 5.74) is 0. The van der Waals surface area contributed by atoms with Crippen molar-refractivity contribution in [2.75, 3.05) is 19.9 Å². The fourth-order valence-corrected chi connectivity index (χ4v) is 0.552. The SMILES string of the molecule is CCCCOC(=O)OCCCF. The zero-order valence-electron chi connectivity index (χ0n) is 7.35. The molecule has 0 aromatic carbocycles. The highest BCUT2D eigenvalue weighted by Gasteiger charge is 2.01. The molecule has 0 fully saturated rings. The Labute approximate surface area is 71.8 Å². The zero-order valence-corrected chi connectivity index (χ0v) is 7.35. The first-order valence-electron chi connectivity index (χ1n) is 4.16. The quantitative estimate of drug-likeness (QED) is 0.462. The zero-order chi connectivity index (χ0) is 9.23. The van der Waals surface area contributed by atoms with Gasteiger partial charge in [-0.3, -0.25) is 4.39 Å². The van der Waals surface area contributed by atoms with Gasteiger partial charge in [0.1, 0.15) is 0 Å². The Morgan fingerprint density at radius 3 is 2.33 bits per heavy atom. The second-order valence-electron chi connectivity index (χ2n) is 2.34. The molecule has 72 valence electrons. The number of alkyl halides is 1. The normalized spacial score (nSPS) is 9.50. The van der Waals surface area contributed by atoms with Crippen LogP contribution >= 0.6 is 0 Å². The van der Waals surface area contributed by atoms with E-state index in [1.54, 1.807) is 0 Å². The largest absolute Gasteiger partial charge is 0.508 e. The van der Waals surface area contributed by atoms with Crippen molar-refractivity contribution in [3.05, 3.63) is 0 Å². The van der Waals surface area contributed by atoms with Gasteiger partial charge in [0, 0.05) is 6.42 Å². The van der Waals surface area contributed by atoms with Crippen LogP contribution in [0.25, 0.3) is 0 Å². The van der Waals surface area contributed by atoms with Crippen LogP contribution in [0.5, 0.6) is 0 Å². The highest BCUT2D eigenvalue weighted by Crippen LogP contribution is 1.92. The number of hydrogen-bond donors (Lipinski definition) is 0. The first kappa shape index (κ1) is 11.2. The lowest BCUT2D eigenvalue weighted by atomic mass is 10.4. The number of hydrogen-bond acceptors (Lipinski definition) is 3. The molecule has 0 spiro atoms. The molecule has 0 aliphatic heterocycles. The first-order valence-corrected chi connectivity index (χ1v) is 4.16. The van der Waals surface area contributed by atoms with Crippen LogP contribution in [0.1, 0.15) is 26.2 Å². The molecule has 4 heteroatoms. The molecular weight excluding hydrogens is 163 g/mol. The number of rotatable bonds is 6. The second kappa shape index (κ2) is 8.30. The van der Waals surface area contributed by atoms with Crippen LogP contribution in [-0.2, 0) is 9.47 Å². The molecule has 0 bridgehead atoms. The molecule has 0 aromatic rings. The van der Waals surface area contributed by atoms with Crippen LogP contribution in [0.4, 0.5) is 9.18 Å². The number of carbonyl (C=O) groups excluding carboxylic acids is 1. The summed E-state index contributed by atoms with van der Waals surface area (Å²) in [7, 11) is 0. The third-order valence-corrected chi connectivity index (χ3v) is 1.22. The Kier molecular flexibility index (Phi) is 7.74. The van der Waals surface area contributed by atoms with Crippen molar-refractivity contribution in [3.63, 3.8) is 0 Å². The van der Waals surface area contributed by atoms with Gasteiger partial charge >= 0.3 is 6.16 Å². The average Bonchev–Trinajstić information content (AvgIpc) is 2.06. The lowest BCUT2D eigenvalue weighted by Gasteiger charge is -2.03. The second-order valence-corrected chi connectivity index (χ2v) is 2.34. The van der Waals surface area contributed by atoms with E-state index in [4.69, 9.17) is 0 Å². The van der Waals surface area contributed by atoms with Crippen molar-refractivity contribution in [1.29, 1.82) is 0 Å². The van der Waals surface area contributed by atoms with E-state index in [9.17, 15) is 9.18 Å². The molecule has 0 aromatic heterocycles. The van der Waals surface area contributed by atoms with E-state index < -0.39 is 12.8 Å². The number of halogens is 1. The summed E-state index contributed by atoms with van der Waals surface area (Å²) in [6.45, 7) is 2.01. The minimum Gasteiger partial charge on any atom is -0.434 e. The number of unbranched alkanes of at least 4 members (excludes halogenated alkanes) is 1. The van der Waals surface area contributed by atoms with E-state index in [0.29, 0.717) is 6.61 Å². The highest BCUT2D eigenvalue weighted by molar-refractivity contribution is 5.59. The van der Waals surface area contributed by atoms with Crippen LogP contribution in [0.15, 0.2) is 0 Å². The topological polar surface area (TPSA) is 35.5 Å². The summed E-state index contributed by atoms with van der Waals surface area (Å²) in [5.74, 6) is 0. The summed E-state index contributed by atoms with van der Waals surface area (Å²) in [6.07, 6.45) is 1.34. The Balaban J connectivity index is 3.10. The van der Waals surface area contributed by atoms with Gasteiger partial charge in [0.15, 0.2) is 0 Å². The van der Waals surface area contributed by atoms with Crippen molar-refractivity contribution in [2.45, 2.75) is 26.2 Å². The Hall–Kier alpha value is -0.800. The Morgan fingerprint density at radius 1 is 1.25 bits per heavy atom. The third kappa shape index (κ3) is 7.31. The van der Waals surface area contributed by atoms with E-state index in [1.165, 1.54) is 0 Å². The predicted molar refractivity (Wildman–Crippen MR) is 42.8 cm³/mol. The fraction of sp³-hybridized carbons (Fsp3) is 0.875. The van der Waals surface area contributed by atoms with Gasteiger partial charge in [-0.05, 0) is 6.42 Å². The fourth-order valence-electron chi connectivity index (χ4n) is 0.552. The predicted octanol–water partition coefficient (Wildman–Crippen LogP) is 2.30. The summed E-state index contributed by atoms with van der Waals surface area (Å²) in [5, 5.41) is 0. The molecule has 3 nitrogen and oxygen atoms in total. The van der Waals surface area contributed by atoms with Gasteiger partial charge in [0.05, 0.1) is 19.9 Å². The van der Waals surface area contributed by atoms with Gasteiger partial charge in [-0.25, -0.2) is 4.79 Å². The molecule has 0 saturated heterocycles. The molecule has 0 atom stereocenters. The molecular formula is C8H15FO3. The Bertz CT molecular complexity index is 105. The van der Waals surface area contributed by atoms with Gasteiger partial charge < -0.3 is 9.47 Å². The molecule has 12 heavy (non-hydrogen) atoms. The van der Waals surface area contributed by atoms with E-state index in [1.807, 2.05) is 6.92 Å². The molecule has 0 saturated carbocycles. The lowest BCUT2D eigenvalue weighted by molar-refractivity contribution is 0.0526. The van der Waals surface area contributed by atoms with Crippen molar-refractivity contribution < 1.29 is 18.7 Å². The number of ether oxygens (including phenoxy) is 2. The van der Waals surface area contributed by atoms with Crippen LogP contribution < -0.4 is 0 Å².